The lowest BCUT2D eigenvalue weighted by molar-refractivity contribution is -0.119. The fourth-order valence-electron chi connectivity index (χ4n) is 3.04. The van der Waals surface area contributed by atoms with Gasteiger partial charge in [-0.1, -0.05) is 41.4 Å². The molecular weight excluding hydrogens is 390 g/mol. The van der Waals surface area contributed by atoms with Gasteiger partial charge in [-0.2, -0.15) is 0 Å². The highest BCUT2D eigenvalue weighted by molar-refractivity contribution is 6.31. The Balaban J connectivity index is 1.59. The zero-order valence-electron chi connectivity index (χ0n) is 15.7. The number of rotatable bonds is 4. The van der Waals surface area contributed by atoms with Crippen LogP contribution in [0.1, 0.15) is 21.5 Å². The van der Waals surface area contributed by atoms with E-state index in [-0.39, 0.29) is 29.8 Å². The quantitative estimate of drug-likeness (QED) is 0.706. The van der Waals surface area contributed by atoms with Crippen LogP contribution in [0.3, 0.4) is 0 Å². The molecule has 1 aromatic heterocycles. The topological polar surface area (TPSA) is 71.5 Å². The molecule has 1 aliphatic heterocycles. The number of hydrogen-bond donors (Lipinski definition) is 1. The number of fused-ring (bicyclic) bond motifs is 2. The van der Waals surface area contributed by atoms with Crippen molar-refractivity contribution in [1.82, 2.24) is 10.3 Å². The number of carbonyl (C=O) groups is 2. The maximum absolute atomic E-state index is 13.1. The van der Waals surface area contributed by atoms with E-state index in [0.717, 1.165) is 11.1 Å². The monoisotopic (exact) mass is 407 g/mol. The molecule has 146 valence electrons. The second-order valence-electron chi connectivity index (χ2n) is 6.72. The first-order chi connectivity index (χ1) is 14.0. The fourth-order valence-corrected chi connectivity index (χ4v) is 3.21. The number of benzene rings is 2. The Morgan fingerprint density at radius 1 is 1.17 bits per heavy atom. The Labute approximate surface area is 173 Å². The minimum Gasteiger partial charge on any atom is -0.436 e. The molecule has 0 aliphatic carbocycles. The van der Waals surface area contributed by atoms with Crippen molar-refractivity contribution in [2.24, 2.45) is 0 Å². The van der Waals surface area contributed by atoms with Crippen molar-refractivity contribution >= 4 is 29.1 Å². The molecule has 2 aromatic carbocycles. The summed E-state index contributed by atoms with van der Waals surface area (Å²) in [5.41, 5.74) is 2.83. The number of carbonyl (C=O) groups excluding carboxylic acids is 2. The second kappa shape index (κ2) is 7.93. The van der Waals surface area contributed by atoms with Crippen LogP contribution in [0.4, 0.5) is 5.69 Å². The second-order valence-corrected chi connectivity index (χ2v) is 7.16. The normalized spacial score (nSPS) is 12.5. The molecule has 0 spiro atoms. The van der Waals surface area contributed by atoms with Crippen molar-refractivity contribution in [1.29, 1.82) is 0 Å². The number of nitrogens with zero attached hydrogens (tertiary/aromatic N) is 2. The van der Waals surface area contributed by atoms with Crippen LogP contribution in [0, 0.1) is 6.92 Å². The number of hydrogen-bond acceptors (Lipinski definition) is 4. The first kappa shape index (κ1) is 19.0. The molecule has 2 amide bonds. The van der Waals surface area contributed by atoms with Gasteiger partial charge in [-0.25, -0.2) is 4.98 Å². The lowest BCUT2D eigenvalue weighted by Gasteiger charge is -2.21. The predicted octanol–water partition coefficient (Wildman–Crippen LogP) is 4.11. The molecule has 0 unspecified atom stereocenters. The van der Waals surface area contributed by atoms with Gasteiger partial charge in [-0.05, 0) is 42.8 Å². The number of halogens is 1. The van der Waals surface area contributed by atoms with Gasteiger partial charge in [0.05, 0.1) is 5.69 Å². The van der Waals surface area contributed by atoms with Crippen LogP contribution in [0.5, 0.6) is 11.6 Å². The molecule has 6 nitrogen and oxygen atoms in total. The molecule has 1 N–H and O–H groups in total. The van der Waals surface area contributed by atoms with E-state index in [2.05, 4.69) is 10.3 Å². The summed E-state index contributed by atoms with van der Waals surface area (Å²) >= 11 is 6.14. The number of pyridine rings is 1. The summed E-state index contributed by atoms with van der Waals surface area (Å²) in [6.45, 7) is 2.21. The van der Waals surface area contributed by atoms with Crippen molar-refractivity contribution < 1.29 is 14.3 Å². The SMILES string of the molecule is Cc1ccc(CNC(=O)CN2C(=O)c3cccnc3Oc3ccc(Cl)cc32)cc1. The van der Waals surface area contributed by atoms with Gasteiger partial charge in [-0.15, -0.1) is 0 Å². The number of anilines is 1. The molecule has 0 bridgehead atoms. The number of aromatic nitrogens is 1. The van der Waals surface area contributed by atoms with Gasteiger partial charge in [0.15, 0.2) is 5.75 Å². The third kappa shape index (κ3) is 4.07. The highest BCUT2D eigenvalue weighted by atomic mass is 35.5. The molecule has 0 saturated heterocycles. The Bertz CT molecular complexity index is 1080. The Morgan fingerprint density at radius 3 is 2.76 bits per heavy atom. The third-order valence-electron chi connectivity index (χ3n) is 4.58. The number of aryl methyl sites for hydroxylation is 1. The van der Waals surface area contributed by atoms with Crippen LogP contribution in [0.25, 0.3) is 0 Å². The molecule has 0 radical (unpaired) electrons. The summed E-state index contributed by atoms with van der Waals surface area (Å²) in [5.74, 6) is -0.0630. The van der Waals surface area contributed by atoms with Gasteiger partial charge in [-0.3, -0.25) is 14.5 Å². The summed E-state index contributed by atoms with van der Waals surface area (Å²) in [6, 6.07) is 16.1. The van der Waals surface area contributed by atoms with Gasteiger partial charge in [0.1, 0.15) is 12.1 Å². The molecule has 7 heteroatoms. The van der Waals surface area contributed by atoms with Crippen LogP contribution >= 0.6 is 11.6 Å². The van der Waals surface area contributed by atoms with Crippen molar-refractivity contribution in [3.05, 3.63) is 82.5 Å². The van der Waals surface area contributed by atoms with Gasteiger partial charge in [0.2, 0.25) is 11.8 Å². The van der Waals surface area contributed by atoms with E-state index in [1.54, 1.807) is 36.5 Å². The zero-order chi connectivity index (χ0) is 20.4. The van der Waals surface area contributed by atoms with Crippen molar-refractivity contribution in [3.63, 3.8) is 0 Å². The standard InChI is InChI=1S/C22H18ClN3O3/c1-14-4-6-15(7-5-14)12-25-20(27)13-26-18-11-16(23)8-9-19(18)29-21-17(22(26)28)3-2-10-24-21/h2-11H,12-13H2,1H3,(H,25,27). The van der Waals surface area contributed by atoms with E-state index < -0.39 is 0 Å². The summed E-state index contributed by atoms with van der Waals surface area (Å²) in [6.07, 6.45) is 1.55. The molecule has 0 fully saturated rings. The van der Waals surface area contributed by atoms with Crippen LogP contribution in [0.15, 0.2) is 60.8 Å². The van der Waals surface area contributed by atoms with E-state index in [4.69, 9.17) is 16.3 Å². The Kier molecular flexibility index (Phi) is 5.18. The Hall–Kier alpha value is -3.38. The van der Waals surface area contributed by atoms with Gasteiger partial charge < -0.3 is 10.1 Å². The largest absolute Gasteiger partial charge is 0.436 e. The predicted molar refractivity (Wildman–Crippen MR) is 110 cm³/mol. The van der Waals surface area contributed by atoms with Crippen LogP contribution in [-0.2, 0) is 11.3 Å². The van der Waals surface area contributed by atoms with Crippen LogP contribution in [0.2, 0.25) is 5.02 Å². The fraction of sp³-hybridized carbons (Fsp3) is 0.136. The number of amides is 2. The van der Waals surface area contributed by atoms with Crippen molar-refractivity contribution in [2.45, 2.75) is 13.5 Å². The van der Waals surface area contributed by atoms with Gasteiger partial charge in [0, 0.05) is 17.8 Å². The molecule has 0 atom stereocenters. The van der Waals surface area contributed by atoms with E-state index in [0.29, 0.717) is 23.0 Å². The highest BCUT2D eigenvalue weighted by Gasteiger charge is 2.30. The number of nitrogens with one attached hydrogen (secondary N) is 1. The maximum atomic E-state index is 13.1. The van der Waals surface area contributed by atoms with Crippen LogP contribution < -0.4 is 15.0 Å². The molecule has 0 saturated carbocycles. The van der Waals surface area contributed by atoms with E-state index in [1.165, 1.54) is 4.90 Å². The highest BCUT2D eigenvalue weighted by Crippen LogP contribution is 2.39. The summed E-state index contributed by atoms with van der Waals surface area (Å²) in [4.78, 5) is 31.3. The minimum atomic E-state index is -0.375. The average molecular weight is 408 g/mol. The van der Waals surface area contributed by atoms with E-state index in [1.807, 2.05) is 31.2 Å². The molecule has 4 rings (SSSR count). The van der Waals surface area contributed by atoms with Crippen molar-refractivity contribution in [3.8, 4) is 11.6 Å². The number of ether oxygens (including phenoxy) is 1. The molecule has 3 aromatic rings. The first-order valence-corrected chi connectivity index (χ1v) is 9.45. The smallest absolute Gasteiger partial charge is 0.264 e. The molecule has 29 heavy (non-hydrogen) atoms. The van der Waals surface area contributed by atoms with E-state index >= 15 is 0 Å². The first-order valence-electron chi connectivity index (χ1n) is 9.08. The van der Waals surface area contributed by atoms with E-state index in [9.17, 15) is 9.59 Å². The lowest BCUT2D eigenvalue weighted by Crippen LogP contribution is -2.40. The zero-order valence-corrected chi connectivity index (χ0v) is 16.4. The lowest BCUT2D eigenvalue weighted by atomic mass is 10.1. The summed E-state index contributed by atoms with van der Waals surface area (Å²) in [5, 5.41) is 3.29. The Morgan fingerprint density at radius 2 is 1.97 bits per heavy atom. The third-order valence-corrected chi connectivity index (χ3v) is 4.81. The molecular formula is C22H18ClN3O3. The summed E-state index contributed by atoms with van der Waals surface area (Å²) < 4.78 is 5.82. The maximum Gasteiger partial charge on any atom is 0.264 e. The summed E-state index contributed by atoms with van der Waals surface area (Å²) in [7, 11) is 0. The van der Waals surface area contributed by atoms with Gasteiger partial charge >= 0.3 is 0 Å². The average Bonchev–Trinajstić information content (AvgIpc) is 2.83. The van der Waals surface area contributed by atoms with Crippen LogP contribution in [-0.4, -0.2) is 23.3 Å². The van der Waals surface area contributed by atoms with Crippen molar-refractivity contribution in [2.75, 3.05) is 11.4 Å². The minimum absolute atomic E-state index is 0.171. The molecule has 1 aliphatic rings. The molecule has 2 heterocycles. The van der Waals surface area contributed by atoms with Gasteiger partial charge in [0.25, 0.3) is 5.91 Å².